The highest BCUT2D eigenvalue weighted by atomic mass is 35.5. The maximum absolute atomic E-state index is 9.93. The van der Waals surface area contributed by atoms with E-state index in [9.17, 15) is 5.11 Å². The summed E-state index contributed by atoms with van der Waals surface area (Å²) in [5, 5.41) is 23.0. The van der Waals surface area contributed by atoms with Gasteiger partial charge in [0.2, 0.25) is 0 Å². The van der Waals surface area contributed by atoms with Gasteiger partial charge in [-0.25, -0.2) is 0 Å². The van der Waals surface area contributed by atoms with E-state index in [4.69, 9.17) is 21.4 Å². The van der Waals surface area contributed by atoms with Gasteiger partial charge in [-0.05, 0) is 37.5 Å². The highest BCUT2D eigenvalue weighted by Crippen LogP contribution is 2.13. The van der Waals surface area contributed by atoms with Crippen LogP contribution in [0.3, 0.4) is 0 Å². The van der Waals surface area contributed by atoms with Gasteiger partial charge in [-0.3, -0.25) is 0 Å². The van der Waals surface area contributed by atoms with Gasteiger partial charge >= 0.3 is 0 Å². The Labute approximate surface area is 132 Å². The summed E-state index contributed by atoms with van der Waals surface area (Å²) in [7, 11) is 0. The number of ether oxygens (including phenoxy) is 1. The third-order valence-electron chi connectivity index (χ3n) is 3.70. The highest BCUT2D eigenvalue weighted by molar-refractivity contribution is 6.30. The maximum Gasteiger partial charge on any atom is 0.0898 e. The molecule has 0 aliphatic rings. The van der Waals surface area contributed by atoms with E-state index in [1.165, 1.54) is 0 Å². The zero-order valence-electron chi connectivity index (χ0n) is 12.8. The van der Waals surface area contributed by atoms with Crippen LogP contribution < -0.4 is 5.32 Å². The molecule has 1 aromatic carbocycles. The summed E-state index contributed by atoms with van der Waals surface area (Å²) in [6.45, 7) is 5.42. The maximum atomic E-state index is 9.93. The molecule has 3 N–H and O–H groups in total. The molecule has 0 radical (unpaired) electrons. The number of rotatable bonds is 10. The second-order valence-corrected chi connectivity index (χ2v) is 6.00. The van der Waals surface area contributed by atoms with Crippen LogP contribution in [0, 0.1) is 0 Å². The van der Waals surface area contributed by atoms with Crippen LogP contribution in [0.5, 0.6) is 0 Å². The molecular formula is C16H26ClNO3. The van der Waals surface area contributed by atoms with Crippen LogP contribution in [0.15, 0.2) is 24.3 Å². The minimum absolute atomic E-state index is 0.139. The summed E-state index contributed by atoms with van der Waals surface area (Å²) < 4.78 is 5.50. The predicted molar refractivity (Wildman–Crippen MR) is 85.5 cm³/mol. The van der Waals surface area contributed by atoms with Crippen molar-refractivity contribution in [2.45, 2.75) is 44.9 Å². The van der Waals surface area contributed by atoms with Crippen LogP contribution in [-0.2, 0) is 11.3 Å². The molecule has 0 aliphatic heterocycles. The minimum Gasteiger partial charge on any atom is -0.396 e. The number of β-amino-alcohol motifs (C(OH)–C–C–N with tert-alkyl or cyclic N) is 1. The molecule has 21 heavy (non-hydrogen) atoms. The molecule has 0 spiro atoms. The number of aliphatic hydroxyl groups is 2. The second-order valence-electron chi connectivity index (χ2n) is 5.56. The Morgan fingerprint density at radius 3 is 2.57 bits per heavy atom. The lowest BCUT2D eigenvalue weighted by molar-refractivity contribution is 0.0241. The summed E-state index contributed by atoms with van der Waals surface area (Å²) in [6, 6.07) is 7.45. The first-order valence-electron chi connectivity index (χ1n) is 7.35. The quantitative estimate of drug-likeness (QED) is 0.620. The van der Waals surface area contributed by atoms with E-state index in [0.717, 1.165) is 12.0 Å². The molecule has 1 rings (SSSR count). The molecule has 0 aromatic heterocycles. The van der Waals surface area contributed by atoms with Crippen LogP contribution in [0.4, 0.5) is 0 Å². The first-order chi connectivity index (χ1) is 9.99. The van der Waals surface area contributed by atoms with Gasteiger partial charge in [0.1, 0.15) is 0 Å². The molecule has 4 nitrogen and oxygen atoms in total. The first-order valence-corrected chi connectivity index (χ1v) is 7.73. The van der Waals surface area contributed by atoms with Crippen molar-refractivity contribution in [2.75, 3.05) is 19.8 Å². The van der Waals surface area contributed by atoms with Crippen LogP contribution in [0.1, 0.15) is 32.3 Å². The number of benzene rings is 1. The van der Waals surface area contributed by atoms with Crippen LogP contribution in [0.2, 0.25) is 5.02 Å². The fraction of sp³-hybridized carbons (Fsp3) is 0.625. The molecule has 0 saturated carbocycles. The van der Waals surface area contributed by atoms with Gasteiger partial charge in [0, 0.05) is 23.7 Å². The Hall–Kier alpha value is -0.650. The van der Waals surface area contributed by atoms with Crippen molar-refractivity contribution >= 4 is 11.6 Å². The molecule has 2 atom stereocenters. The molecule has 0 fully saturated rings. The van der Waals surface area contributed by atoms with Crippen LogP contribution in [0.25, 0.3) is 0 Å². The Kier molecular flexibility index (Phi) is 8.22. The minimum atomic E-state index is -0.568. The molecule has 0 bridgehead atoms. The number of nitrogens with one attached hydrogen (secondary N) is 1. The Balaban J connectivity index is 2.24. The van der Waals surface area contributed by atoms with Gasteiger partial charge in [-0.15, -0.1) is 0 Å². The molecule has 0 amide bonds. The van der Waals surface area contributed by atoms with Crippen molar-refractivity contribution in [3.8, 4) is 0 Å². The van der Waals surface area contributed by atoms with Crippen molar-refractivity contribution in [1.29, 1.82) is 0 Å². The molecule has 2 unspecified atom stereocenters. The third-order valence-corrected chi connectivity index (χ3v) is 3.95. The molecular weight excluding hydrogens is 290 g/mol. The van der Waals surface area contributed by atoms with Gasteiger partial charge in [0.25, 0.3) is 0 Å². The normalized spacial score (nSPS) is 15.7. The van der Waals surface area contributed by atoms with Crippen molar-refractivity contribution in [1.82, 2.24) is 5.32 Å². The Morgan fingerprint density at radius 1 is 1.33 bits per heavy atom. The molecule has 0 saturated heterocycles. The van der Waals surface area contributed by atoms with Crippen LogP contribution >= 0.6 is 11.6 Å². The average molecular weight is 316 g/mol. The summed E-state index contributed by atoms with van der Waals surface area (Å²) in [5.41, 5.74) is 0.879. The van der Waals surface area contributed by atoms with Gasteiger partial charge in [0.15, 0.2) is 0 Å². The van der Waals surface area contributed by atoms with Crippen LogP contribution in [-0.4, -0.2) is 41.6 Å². The van der Waals surface area contributed by atoms with Gasteiger partial charge in [0.05, 0.1) is 19.3 Å². The van der Waals surface area contributed by atoms with E-state index in [2.05, 4.69) is 12.2 Å². The highest BCUT2D eigenvalue weighted by Gasteiger charge is 2.21. The third kappa shape index (κ3) is 7.25. The van der Waals surface area contributed by atoms with Crippen molar-refractivity contribution in [2.24, 2.45) is 0 Å². The zero-order chi connectivity index (χ0) is 15.7. The number of hydrogen-bond acceptors (Lipinski definition) is 4. The van der Waals surface area contributed by atoms with Gasteiger partial charge in [-0.1, -0.05) is 30.7 Å². The molecule has 0 heterocycles. The lowest BCUT2D eigenvalue weighted by Gasteiger charge is -2.30. The van der Waals surface area contributed by atoms with E-state index in [1.807, 2.05) is 31.2 Å². The summed E-state index contributed by atoms with van der Waals surface area (Å²) in [4.78, 5) is 0. The summed E-state index contributed by atoms with van der Waals surface area (Å²) in [6.07, 6.45) is 0.996. The van der Waals surface area contributed by atoms with E-state index in [1.54, 1.807) is 0 Å². The SMILES string of the molecule is CCC(C)(CCO)NCC(O)COCc1ccc(Cl)cc1. The second kappa shape index (κ2) is 9.38. The van der Waals surface area contributed by atoms with Crippen molar-refractivity contribution in [3.63, 3.8) is 0 Å². The van der Waals surface area contributed by atoms with E-state index >= 15 is 0 Å². The largest absolute Gasteiger partial charge is 0.396 e. The fourth-order valence-corrected chi connectivity index (χ4v) is 2.08. The lowest BCUT2D eigenvalue weighted by Crippen LogP contribution is -2.46. The summed E-state index contributed by atoms with van der Waals surface area (Å²) in [5.74, 6) is 0. The number of aliphatic hydroxyl groups excluding tert-OH is 2. The van der Waals surface area contributed by atoms with Crippen molar-refractivity contribution < 1.29 is 14.9 Å². The van der Waals surface area contributed by atoms with Crippen molar-refractivity contribution in [3.05, 3.63) is 34.9 Å². The predicted octanol–water partition coefficient (Wildman–Crippen LogP) is 2.36. The Bertz CT molecular complexity index is 399. The summed E-state index contributed by atoms with van der Waals surface area (Å²) >= 11 is 5.81. The average Bonchev–Trinajstić information content (AvgIpc) is 2.48. The molecule has 0 aliphatic carbocycles. The lowest BCUT2D eigenvalue weighted by atomic mass is 9.95. The van der Waals surface area contributed by atoms with Gasteiger partial charge in [-0.2, -0.15) is 0 Å². The Morgan fingerprint density at radius 2 is 2.00 bits per heavy atom. The molecule has 120 valence electrons. The van der Waals surface area contributed by atoms with E-state index < -0.39 is 6.10 Å². The fourth-order valence-electron chi connectivity index (χ4n) is 1.95. The zero-order valence-corrected chi connectivity index (χ0v) is 13.6. The molecule has 1 aromatic rings. The van der Waals surface area contributed by atoms with Gasteiger partial charge < -0.3 is 20.3 Å². The first kappa shape index (κ1) is 18.4. The number of halogens is 1. The van der Waals surface area contributed by atoms with E-state index in [0.29, 0.717) is 24.6 Å². The molecule has 5 heteroatoms. The topological polar surface area (TPSA) is 61.7 Å². The van der Waals surface area contributed by atoms with E-state index in [-0.39, 0.29) is 18.8 Å². The monoisotopic (exact) mass is 315 g/mol. The smallest absolute Gasteiger partial charge is 0.0898 e. The number of hydrogen-bond donors (Lipinski definition) is 3. The standard InChI is InChI=1S/C16H26ClNO3/c1-3-16(2,8-9-19)18-10-15(20)12-21-11-13-4-6-14(17)7-5-13/h4-7,15,18-20H,3,8-12H2,1-2H3.